The highest BCUT2D eigenvalue weighted by Gasteiger charge is 2.35. The molecular weight excluding hydrogens is 661 g/mol. The van der Waals surface area contributed by atoms with Gasteiger partial charge in [0.25, 0.3) is 0 Å². The van der Waals surface area contributed by atoms with Gasteiger partial charge < -0.3 is 4.42 Å². The van der Waals surface area contributed by atoms with E-state index in [1.54, 1.807) is 0 Å². The molecule has 12 rings (SSSR count). The molecular formula is C51H32OS. The van der Waals surface area contributed by atoms with Gasteiger partial charge in [-0.05, 0) is 108 Å². The predicted octanol–water partition coefficient (Wildman–Crippen LogP) is 15.1. The second-order valence-electron chi connectivity index (χ2n) is 15.2. The second-order valence-corrected chi connectivity index (χ2v) is 16.2. The van der Waals surface area contributed by atoms with E-state index in [0.717, 1.165) is 16.6 Å². The van der Waals surface area contributed by atoms with Gasteiger partial charge in [-0.3, -0.25) is 0 Å². The number of hydrogen-bond donors (Lipinski definition) is 0. The lowest BCUT2D eigenvalue weighted by Gasteiger charge is -2.22. The zero-order chi connectivity index (χ0) is 35.0. The van der Waals surface area contributed by atoms with Crippen molar-refractivity contribution in [3.05, 3.63) is 169 Å². The maximum absolute atomic E-state index is 6.64. The minimum absolute atomic E-state index is 0.0228. The third kappa shape index (κ3) is 3.91. The Morgan fingerprint density at radius 1 is 0.434 bits per heavy atom. The Morgan fingerprint density at radius 2 is 1.04 bits per heavy atom. The normalized spacial score (nSPS) is 13.6. The van der Waals surface area contributed by atoms with Crippen LogP contribution in [0.1, 0.15) is 25.0 Å². The van der Waals surface area contributed by atoms with Gasteiger partial charge in [0.2, 0.25) is 0 Å². The Balaban J connectivity index is 1.13. The second kappa shape index (κ2) is 10.4. The van der Waals surface area contributed by atoms with Gasteiger partial charge in [0.1, 0.15) is 11.2 Å². The van der Waals surface area contributed by atoms with Gasteiger partial charge in [-0.15, -0.1) is 11.3 Å². The summed E-state index contributed by atoms with van der Waals surface area (Å²) in [4.78, 5) is 0. The fraction of sp³-hybridized carbons (Fsp3) is 0.0588. The van der Waals surface area contributed by atoms with Crippen molar-refractivity contribution in [3.63, 3.8) is 0 Å². The van der Waals surface area contributed by atoms with Crippen molar-refractivity contribution in [1.29, 1.82) is 0 Å². The van der Waals surface area contributed by atoms with Crippen LogP contribution in [0.2, 0.25) is 0 Å². The summed E-state index contributed by atoms with van der Waals surface area (Å²) < 4.78 is 9.21. The molecule has 0 atom stereocenters. The lowest BCUT2D eigenvalue weighted by molar-refractivity contribution is 0.660. The summed E-state index contributed by atoms with van der Waals surface area (Å²) in [6.45, 7) is 4.71. The molecule has 0 unspecified atom stereocenters. The highest BCUT2D eigenvalue weighted by Crippen LogP contribution is 2.52. The summed E-state index contributed by atoms with van der Waals surface area (Å²) in [5.41, 5.74) is 12.5. The van der Waals surface area contributed by atoms with Gasteiger partial charge in [0.05, 0.1) is 0 Å². The van der Waals surface area contributed by atoms with Crippen LogP contribution in [-0.2, 0) is 5.41 Å². The topological polar surface area (TPSA) is 13.1 Å². The quantitative estimate of drug-likeness (QED) is 0.164. The molecule has 9 aromatic carbocycles. The highest BCUT2D eigenvalue weighted by atomic mass is 32.1. The molecule has 11 aromatic rings. The molecule has 2 aromatic heterocycles. The Labute approximate surface area is 310 Å². The molecule has 0 fully saturated rings. The third-order valence-electron chi connectivity index (χ3n) is 12.1. The summed E-state index contributed by atoms with van der Waals surface area (Å²) in [6.07, 6.45) is 0. The molecule has 1 aliphatic carbocycles. The maximum atomic E-state index is 6.64. The number of hydrogen-bond acceptors (Lipinski definition) is 2. The summed E-state index contributed by atoms with van der Waals surface area (Å²) in [7, 11) is 0. The van der Waals surface area contributed by atoms with Crippen molar-refractivity contribution < 1.29 is 4.42 Å². The number of benzene rings is 9. The van der Waals surface area contributed by atoms with Crippen molar-refractivity contribution in [3.8, 4) is 33.4 Å². The molecule has 1 nitrogen and oxygen atoms in total. The van der Waals surface area contributed by atoms with Crippen LogP contribution in [-0.4, -0.2) is 0 Å². The molecule has 0 saturated carbocycles. The number of furan rings is 1. The molecule has 0 radical (unpaired) electrons. The standard InChI is InChI=1S/C51H32OS/c1-51(2)41-18-10-9-13-33(41)39-27-30(20-23-42(39)51)46-34-14-5-7-16-36(34)47(37-17-8-6-15-35(37)46)31-21-25-44-40(28-31)49-45(53-44)26-24-43-48(49)38-22-19-29-11-3-4-12-32(29)50(38)52-43/h3-28H,1-2H3. The average molecular weight is 693 g/mol. The van der Waals surface area contributed by atoms with Crippen molar-refractivity contribution in [2.24, 2.45) is 0 Å². The zero-order valence-corrected chi connectivity index (χ0v) is 30.1. The number of thiophene rings is 1. The summed E-state index contributed by atoms with van der Waals surface area (Å²) in [5.74, 6) is 0. The Kier molecular flexibility index (Phi) is 5.78. The van der Waals surface area contributed by atoms with Crippen LogP contribution in [0.4, 0.5) is 0 Å². The lowest BCUT2D eigenvalue weighted by atomic mass is 9.81. The van der Waals surface area contributed by atoms with E-state index in [1.807, 2.05) is 11.3 Å². The molecule has 0 N–H and O–H groups in total. The molecule has 2 heterocycles. The Bertz CT molecular complexity index is 3320. The summed E-state index contributed by atoms with van der Waals surface area (Å²) in [5, 5.41) is 12.4. The van der Waals surface area contributed by atoms with E-state index in [9.17, 15) is 0 Å². The maximum Gasteiger partial charge on any atom is 0.143 e. The smallest absolute Gasteiger partial charge is 0.143 e. The molecule has 53 heavy (non-hydrogen) atoms. The molecule has 0 amide bonds. The molecule has 248 valence electrons. The van der Waals surface area contributed by atoms with Gasteiger partial charge in [-0.2, -0.15) is 0 Å². The van der Waals surface area contributed by atoms with Crippen molar-refractivity contribution in [1.82, 2.24) is 0 Å². The first-order valence-corrected chi connectivity index (χ1v) is 19.2. The van der Waals surface area contributed by atoms with Crippen LogP contribution in [0.25, 0.3) is 108 Å². The van der Waals surface area contributed by atoms with Crippen LogP contribution in [0.15, 0.2) is 162 Å². The van der Waals surface area contributed by atoms with Crippen molar-refractivity contribution in [2.75, 3.05) is 0 Å². The van der Waals surface area contributed by atoms with E-state index in [0.29, 0.717) is 0 Å². The van der Waals surface area contributed by atoms with E-state index < -0.39 is 0 Å². The van der Waals surface area contributed by atoms with Gasteiger partial charge in [0.15, 0.2) is 0 Å². The van der Waals surface area contributed by atoms with E-state index >= 15 is 0 Å². The van der Waals surface area contributed by atoms with Crippen LogP contribution in [0.3, 0.4) is 0 Å². The number of fused-ring (bicyclic) bond motifs is 14. The minimum Gasteiger partial charge on any atom is -0.455 e. The zero-order valence-electron chi connectivity index (χ0n) is 29.3. The Morgan fingerprint density at radius 3 is 1.79 bits per heavy atom. The SMILES string of the molecule is CC1(C)c2ccccc2-c2cc(-c3c4ccccc4c(-c4ccc5sc6ccc7oc8c9ccccc9ccc8c7c6c5c4)c4ccccc34)ccc21. The van der Waals surface area contributed by atoms with Gasteiger partial charge in [-0.1, -0.05) is 135 Å². The molecule has 0 bridgehead atoms. The first kappa shape index (κ1) is 29.4. The largest absolute Gasteiger partial charge is 0.455 e. The first-order chi connectivity index (χ1) is 26.0. The van der Waals surface area contributed by atoms with E-state index in [2.05, 4.69) is 172 Å². The van der Waals surface area contributed by atoms with Crippen LogP contribution >= 0.6 is 11.3 Å². The lowest BCUT2D eigenvalue weighted by Crippen LogP contribution is -2.14. The van der Waals surface area contributed by atoms with Gasteiger partial charge in [0, 0.05) is 41.7 Å². The third-order valence-corrected chi connectivity index (χ3v) is 13.2. The Hall–Kier alpha value is -6.22. The van der Waals surface area contributed by atoms with E-state index in [1.165, 1.54) is 102 Å². The number of rotatable bonds is 2. The van der Waals surface area contributed by atoms with E-state index in [-0.39, 0.29) is 5.41 Å². The van der Waals surface area contributed by atoms with Crippen molar-refractivity contribution in [2.45, 2.75) is 19.3 Å². The van der Waals surface area contributed by atoms with Crippen LogP contribution < -0.4 is 0 Å². The summed E-state index contributed by atoms with van der Waals surface area (Å²) >= 11 is 1.87. The average Bonchev–Trinajstić information content (AvgIpc) is 3.84. The molecule has 0 saturated heterocycles. The molecule has 0 aliphatic heterocycles. The predicted molar refractivity (Wildman–Crippen MR) is 228 cm³/mol. The minimum atomic E-state index is -0.0228. The van der Waals surface area contributed by atoms with Crippen LogP contribution in [0, 0.1) is 0 Å². The fourth-order valence-electron chi connectivity index (χ4n) is 9.64. The summed E-state index contributed by atoms with van der Waals surface area (Å²) in [6, 6.07) is 58.6. The van der Waals surface area contributed by atoms with Gasteiger partial charge >= 0.3 is 0 Å². The first-order valence-electron chi connectivity index (χ1n) is 18.4. The monoisotopic (exact) mass is 692 g/mol. The molecule has 2 heteroatoms. The van der Waals surface area contributed by atoms with Gasteiger partial charge in [-0.25, -0.2) is 0 Å². The molecule has 1 aliphatic rings. The highest BCUT2D eigenvalue weighted by molar-refractivity contribution is 7.26. The van der Waals surface area contributed by atoms with Crippen LogP contribution in [0.5, 0.6) is 0 Å². The van der Waals surface area contributed by atoms with E-state index in [4.69, 9.17) is 4.42 Å². The van der Waals surface area contributed by atoms with Crippen molar-refractivity contribution >= 4 is 85.8 Å². The molecule has 0 spiro atoms. The fourth-order valence-corrected chi connectivity index (χ4v) is 10.7.